The molecule has 5 nitrogen and oxygen atoms in total. The van der Waals surface area contributed by atoms with Crippen molar-refractivity contribution >= 4 is 16.8 Å². The van der Waals surface area contributed by atoms with E-state index in [1.165, 1.54) is 0 Å². The van der Waals surface area contributed by atoms with Gasteiger partial charge in [-0.1, -0.05) is 11.6 Å². The number of fused-ring (bicyclic) bond motifs is 1. The van der Waals surface area contributed by atoms with Crippen LogP contribution >= 0.6 is 0 Å². The number of carbonyl (C=O) groups is 1. The van der Waals surface area contributed by atoms with E-state index in [1.54, 1.807) is 12.4 Å². The molecular formula is C21H21N3O2. The third kappa shape index (κ3) is 3.01. The molecule has 1 aliphatic rings. The van der Waals surface area contributed by atoms with Gasteiger partial charge in [0.25, 0.3) is 5.91 Å². The zero-order chi connectivity index (χ0) is 18.3. The number of rotatable bonds is 3. The highest BCUT2D eigenvalue weighted by Crippen LogP contribution is 2.26. The molecule has 1 aromatic carbocycles. The first-order valence-corrected chi connectivity index (χ1v) is 8.76. The number of aryl methyl sites for hydroxylation is 3. The van der Waals surface area contributed by atoms with Gasteiger partial charge in [0.2, 0.25) is 0 Å². The number of pyridine rings is 2. The number of benzene rings is 1. The van der Waals surface area contributed by atoms with Crippen LogP contribution in [0.5, 0.6) is 5.75 Å². The Kier molecular flexibility index (Phi) is 4.07. The summed E-state index contributed by atoms with van der Waals surface area (Å²) in [5.41, 5.74) is 4.72. The van der Waals surface area contributed by atoms with Crippen molar-refractivity contribution in [3.8, 4) is 5.75 Å². The highest BCUT2D eigenvalue weighted by atomic mass is 16.5. The Labute approximate surface area is 152 Å². The van der Waals surface area contributed by atoms with E-state index in [1.807, 2.05) is 49.9 Å². The molecule has 0 unspecified atom stereocenters. The third-order valence-electron chi connectivity index (χ3n) is 4.68. The lowest BCUT2D eigenvalue weighted by atomic mass is 9.99. The number of likely N-dealkylation sites (tertiary alicyclic amines) is 1. The first-order chi connectivity index (χ1) is 12.5. The van der Waals surface area contributed by atoms with Gasteiger partial charge in [-0.3, -0.25) is 14.8 Å². The lowest BCUT2D eigenvalue weighted by Crippen LogP contribution is -2.56. The number of ether oxygens (including phenoxy) is 1. The van der Waals surface area contributed by atoms with Crippen LogP contribution in [0.2, 0.25) is 0 Å². The Morgan fingerprint density at radius 2 is 2.00 bits per heavy atom. The molecule has 0 spiro atoms. The molecule has 1 fully saturated rings. The molecule has 5 heteroatoms. The molecule has 0 atom stereocenters. The van der Waals surface area contributed by atoms with Crippen molar-refractivity contribution in [3.63, 3.8) is 0 Å². The molecule has 2 aromatic heterocycles. The Morgan fingerprint density at radius 3 is 2.73 bits per heavy atom. The van der Waals surface area contributed by atoms with Gasteiger partial charge < -0.3 is 9.64 Å². The van der Waals surface area contributed by atoms with Gasteiger partial charge in [-0.25, -0.2) is 0 Å². The highest BCUT2D eigenvalue weighted by Gasteiger charge is 2.33. The average molecular weight is 347 g/mol. The molecule has 1 saturated heterocycles. The molecule has 3 aromatic rings. The molecule has 3 heterocycles. The van der Waals surface area contributed by atoms with Crippen LogP contribution < -0.4 is 4.74 Å². The van der Waals surface area contributed by atoms with E-state index in [4.69, 9.17) is 4.74 Å². The monoisotopic (exact) mass is 347 g/mol. The summed E-state index contributed by atoms with van der Waals surface area (Å²) >= 11 is 0. The first-order valence-electron chi connectivity index (χ1n) is 8.76. The fourth-order valence-corrected chi connectivity index (χ4v) is 3.44. The minimum Gasteiger partial charge on any atom is -0.485 e. The molecule has 4 rings (SSSR count). The molecule has 1 aliphatic heterocycles. The van der Waals surface area contributed by atoms with Crippen molar-refractivity contribution < 1.29 is 9.53 Å². The number of nitrogens with zero attached hydrogens (tertiary/aromatic N) is 3. The minimum atomic E-state index is 0.0146. The zero-order valence-corrected chi connectivity index (χ0v) is 15.2. The minimum absolute atomic E-state index is 0.0146. The average Bonchev–Trinajstić information content (AvgIpc) is 2.58. The molecular weight excluding hydrogens is 326 g/mol. The maximum Gasteiger partial charge on any atom is 0.254 e. The zero-order valence-electron chi connectivity index (χ0n) is 15.2. The van der Waals surface area contributed by atoms with E-state index in [2.05, 4.69) is 16.0 Å². The van der Waals surface area contributed by atoms with Gasteiger partial charge in [0.05, 0.1) is 30.4 Å². The summed E-state index contributed by atoms with van der Waals surface area (Å²) in [5, 5.41) is 0.926. The molecule has 0 aliphatic carbocycles. The first kappa shape index (κ1) is 16.5. The van der Waals surface area contributed by atoms with Gasteiger partial charge in [0.15, 0.2) is 0 Å². The maximum atomic E-state index is 13.0. The topological polar surface area (TPSA) is 55.3 Å². The quantitative estimate of drug-likeness (QED) is 0.728. The summed E-state index contributed by atoms with van der Waals surface area (Å²) in [7, 11) is 0. The van der Waals surface area contributed by atoms with Gasteiger partial charge in [-0.2, -0.15) is 0 Å². The largest absolute Gasteiger partial charge is 0.485 e. The number of aromatic nitrogens is 2. The molecule has 0 saturated carbocycles. The van der Waals surface area contributed by atoms with E-state index in [-0.39, 0.29) is 12.0 Å². The van der Waals surface area contributed by atoms with Crippen molar-refractivity contribution in [2.75, 3.05) is 13.1 Å². The summed E-state index contributed by atoms with van der Waals surface area (Å²) in [6.45, 7) is 7.18. The molecule has 0 N–H and O–H groups in total. The second kappa shape index (κ2) is 6.41. The number of hydrogen-bond donors (Lipinski definition) is 0. The third-order valence-corrected chi connectivity index (χ3v) is 4.68. The van der Waals surface area contributed by atoms with Crippen molar-refractivity contribution in [1.29, 1.82) is 0 Å². The Hall–Kier alpha value is -2.95. The van der Waals surface area contributed by atoms with Crippen molar-refractivity contribution in [3.05, 3.63) is 65.1 Å². The molecule has 132 valence electrons. The fraction of sp³-hybridized carbons (Fsp3) is 0.286. The van der Waals surface area contributed by atoms with Gasteiger partial charge in [-0.15, -0.1) is 0 Å². The standard InChI is InChI=1S/C21H21N3O2/c1-13-7-14(2)20-18(8-13)19(9-15(3)23-20)21(25)24-11-17(12-24)26-16-5-4-6-22-10-16/h4-10,17H,11-12H2,1-3H3. The van der Waals surface area contributed by atoms with Gasteiger partial charge in [0, 0.05) is 17.3 Å². The smallest absolute Gasteiger partial charge is 0.254 e. The van der Waals surface area contributed by atoms with Crippen LogP contribution in [0.4, 0.5) is 0 Å². The van der Waals surface area contributed by atoms with Crippen LogP contribution in [0.1, 0.15) is 27.2 Å². The van der Waals surface area contributed by atoms with Crippen LogP contribution in [0.25, 0.3) is 10.9 Å². The SMILES string of the molecule is Cc1cc(C)c2nc(C)cc(C(=O)N3CC(Oc4cccnc4)C3)c2c1. The predicted octanol–water partition coefficient (Wildman–Crippen LogP) is 3.46. The lowest BCUT2D eigenvalue weighted by Gasteiger charge is -2.39. The van der Waals surface area contributed by atoms with E-state index in [0.29, 0.717) is 13.1 Å². The van der Waals surface area contributed by atoms with E-state index in [0.717, 1.165) is 39.0 Å². The summed E-state index contributed by atoms with van der Waals surface area (Å²) in [5.74, 6) is 0.776. The molecule has 1 amide bonds. The second-order valence-electron chi connectivity index (χ2n) is 6.93. The second-order valence-corrected chi connectivity index (χ2v) is 6.93. The van der Waals surface area contributed by atoms with Crippen molar-refractivity contribution in [1.82, 2.24) is 14.9 Å². The van der Waals surface area contributed by atoms with E-state index in [9.17, 15) is 4.79 Å². The summed E-state index contributed by atoms with van der Waals surface area (Å²) < 4.78 is 5.85. The summed E-state index contributed by atoms with van der Waals surface area (Å²) in [6.07, 6.45) is 3.42. The summed E-state index contributed by atoms with van der Waals surface area (Å²) in [4.78, 5) is 23.5. The highest BCUT2D eigenvalue weighted by molar-refractivity contribution is 6.07. The molecule has 0 radical (unpaired) electrons. The Balaban J connectivity index is 1.56. The predicted molar refractivity (Wildman–Crippen MR) is 101 cm³/mol. The lowest BCUT2D eigenvalue weighted by molar-refractivity contribution is 0.0178. The normalized spacial score (nSPS) is 14.3. The molecule has 26 heavy (non-hydrogen) atoms. The van der Waals surface area contributed by atoms with Crippen LogP contribution in [-0.4, -0.2) is 40.0 Å². The van der Waals surface area contributed by atoms with Crippen LogP contribution in [-0.2, 0) is 0 Å². The van der Waals surface area contributed by atoms with Crippen LogP contribution in [0.3, 0.4) is 0 Å². The van der Waals surface area contributed by atoms with Gasteiger partial charge in [0.1, 0.15) is 11.9 Å². The van der Waals surface area contributed by atoms with Crippen molar-refractivity contribution in [2.24, 2.45) is 0 Å². The van der Waals surface area contributed by atoms with Gasteiger partial charge in [-0.05, 0) is 50.6 Å². The van der Waals surface area contributed by atoms with Crippen LogP contribution in [0, 0.1) is 20.8 Å². The van der Waals surface area contributed by atoms with E-state index >= 15 is 0 Å². The van der Waals surface area contributed by atoms with E-state index < -0.39 is 0 Å². The fourth-order valence-electron chi connectivity index (χ4n) is 3.44. The molecule has 0 bridgehead atoms. The van der Waals surface area contributed by atoms with Crippen LogP contribution in [0.15, 0.2) is 42.7 Å². The number of carbonyl (C=O) groups excluding carboxylic acids is 1. The number of amides is 1. The number of hydrogen-bond acceptors (Lipinski definition) is 4. The van der Waals surface area contributed by atoms with Gasteiger partial charge >= 0.3 is 0 Å². The Morgan fingerprint density at radius 1 is 1.19 bits per heavy atom. The maximum absolute atomic E-state index is 13.0. The van der Waals surface area contributed by atoms with Crippen molar-refractivity contribution in [2.45, 2.75) is 26.9 Å². The Bertz CT molecular complexity index is 979. The summed E-state index contributed by atoms with van der Waals surface area (Å²) in [6, 6.07) is 9.75.